The molecule has 1 N–H and O–H groups in total. The van der Waals surface area contributed by atoms with Crippen LogP contribution in [0.2, 0.25) is 25.1 Å². The minimum absolute atomic E-state index is 0.0513. The molecule has 2 aromatic carbocycles. The first-order chi connectivity index (χ1) is 8.41. The summed E-state index contributed by atoms with van der Waals surface area (Å²) in [6.07, 6.45) is 0. The number of benzene rings is 2. The van der Waals surface area contributed by atoms with Crippen molar-refractivity contribution < 1.29 is 5.11 Å². The Labute approximate surface area is 129 Å². The fraction of sp³-hybridized carbons (Fsp3) is 0. The standard InChI is InChI=1S/C12H5Cl5O/c13-5-1-2-6(9(18)3-5)10-11(16)7(14)4-8(15)12(10)17/h1-4,18H. The predicted octanol–water partition coefficient (Wildman–Crippen LogP) is 6.33. The summed E-state index contributed by atoms with van der Waals surface area (Å²) in [7, 11) is 0. The van der Waals surface area contributed by atoms with E-state index in [-0.39, 0.29) is 25.8 Å². The highest BCUT2D eigenvalue weighted by Gasteiger charge is 2.18. The summed E-state index contributed by atoms with van der Waals surface area (Å²) in [5.74, 6) is -0.0513. The molecule has 2 aromatic rings. The Hall–Kier alpha value is -0.310. The maximum absolute atomic E-state index is 9.89. The van der Waals surface area contributed by atoms with Crippen molar-refractivity contribution in [3.8, 4) is 16.9 Å². The van der Waals surface area contributed by atoms with Gasteiger partial charge >= 0.3 is 0 Å². The van der Waals surface area contributed by atoms with Crippen LogP contribution in [-0.2, 0) is 0 Å². The van der Waals surface area contributed by atoms with Crippen LogP contribution in [0.3, 0.4) is 0 Å². The molecule has 1 nitrogen and oxygen atoms in total. The summed E-state index contributed by atoms with van der Waals surface area (Å²) in [5.41, 5.74) is 0.795. The van der Waals surface area contributed by atoms with Crippen LogP contribution in [0.4, 0.5) is 0 Å². The van der Waals surface area contributed by atoms with E-state index in [1.54, 1.807) is 12.1 Å². The summed E-state index contributed by atoms with van der Waals surface area (Å²) in [4.78, 5) is 0. The van der Waals surface area contributed by atoms with Crippen LogP contribution in [0.15, 0.2) is 24.3 Å². The van der Waals surface area contributed by atoms with Crippen molar-refractivity contribution in [2.24, 2.45) is 0 Å². The Kier molecular flexibility index (Phi) is 4.20. The molecule has 6 heteroatoms. The number of phenols is 1. The third kappa shape index (κ3) is 2.52. The molecule has 2 rings (SSSR count). The highest BCUT2D eigenvalue weighted by Crippen LogP contribution is 2.46. The molecule has 0 aromatic heterocycles. The lowest BCUT2D eigenvalue weighted by Crippen LogP contribution is -1.86. The molecule has 0 aliphatic heterocycles. The molecule has 0 radical (unpaired) electrons. The molecule has 0 unspecified atom stereocenters. The quantitative estimate of drug-likeness (QED) is 0.601. The second kappa shape index (κ2) is 5.36. The lowest BCUT2D eigenvalue weighted by molar-refractivity contribution is 0.477. The highest BCUT2D eigenvalue weighted by molar-refractivity contribution is 6.50. The van der Waals surface area contributed by atoms with E-state index in [9.17, 15) is 5.11 Å². The molecule has 0 bridgehead atoms. The molecule has 94 valence electrons. The third-order valence-corrected chi connectivity index (χ3v) is 4.15. The lowest BCUT2D eigenvalue weighted by atomic mass is 10.0. The average Bonchev–Trinajstić information content (AvgIpc) is 2.29. The zero-order valence-electron chi connectivity index (χ0n) is 8.65. The number of aromatic hydroxyl groups is 1. The van der Waals surface area contributed by atoms with Gasteiger partial charge in [0.25, 0.3) is 0 Å². The molecule has 0 spiro atoms. The van der Waals surface area contributed by atoms with Gasteiger partial charge in [0, 0.05) is 16.1 Å². The van der Waals surface area contributed by atoms with E-state index < -0.39 is 0 Å². The zero-order chi connectivity index (χ0) is 13.4. The molecule has 0 aliphatic carbocycles. The van der Waals surface area contributed by atoms with Gasteiger partial charge < -0.3 is 5.11 Å². The van der Waals surface area contributed by atoms with Gasteiger partial charge in [0.15, 0.2) is 0 Å². The molecule has 0 amide bonds. The van der Waals surface area contributed by atoms with Crippen molar-refractivity contribution in [3.05, 3.63) is 49.4 Å². The molecule has 18 heavy (non-hydrogen) atoms. The Morgan fingerprint density at radius 3 is 1.83 bits per heavy atom. The second-order valence-electron chi connectivity index (χ2n) is 3.50. The number of rotatable bonds is 1. The number of hydrogen-bond acceptors (Lipinski definition) is 1. The monoisotopic (exact) mass is 340 g/mol. The van der Waals surface area contributed by atoms with Crippen molar-refractivity contribution in [1.82, 2.24) is 0 Å². The normalized spacial score (nSPS) is 10.7. The Morgan fingerprint density at radius 2 is 1.33 bits per heavy atom. The maximum Gasteiger partial charge on any atom is 0.124 e. The first-order valence-electron chi connectivity index (χ1n) is 4.73. The fourth-order valence-electron chi connectivity index (χ4n) is 1.53. The van der Waals surface area contributed by atoms with Crippen molar-refractivity contribution in [2.75, 3.05) is 0 Å². The topological polar surface area (TPSA) is 20.2 Å². The summed E-state index contributed by atoms with van der Waals surface area (Å²) in [6, 6.07) is 6.04. The van der Waals surface area contributed by atoms with Crippen LogP contribution in [0, 0.1) is 0 Å². The van der Waals surface area contributed by atoms with Crippen molar-refractivity contribution in [3.63, 3.8) is 0 Å². The lowest BCUT2D eigenvalue weighted by Gasteiger charge is -2.12. The predicted molar refractivity (Wildman–Crippen MR) is 78.6 cm³/mol. The molecule has 0 saturated carbocycles. The maximum atomic E-state index is 9.89. The van der Waals surface area contributed by atoms with E-state index in [2.05, 4.69) is 0 Å². The summed E-state index contributed by atoms with van der Waals surface area (Å²) >= 11 is 29.8. The summed E-state index contributed by atoms with van der Waals surface area (Å²) < 4.78 is 0. The molecule has 0 atom stereocenters. The van der Waals surface area contributed by atoms with Gasteiger partial charge in [0.1, 0.15) is 5.75 Å². The first-order valence-corrected chi connectivity index (χ1v) is 6.62. The largest absolute Gasteiger partial charge is 0.507 e. The molecule has 0 fully saturated rings. The van der Waals surface area contributed by atoms with Crippen LogP contribution in [0.25, 0.3) is 11.1 Å². The van der Waals surface area contributed by atoms with Gasteiger partial charge in [-0.3, -0.25) is 0 Å². The van der Waals surface area contributed by atoms with Crippen molar-refractivity contribution in [1.29, 1.82) is 0 Å². The smallest absolute Gasteiger partial charge is 0.124 e. The van der Waals surface area contributed by atoms with Crippen molar-refractivity contribution in [2.45, 2.75) is 0 Å². The SMILES string of the molecule is Oc1cc(Cl)ccc1-c1c(Cl)c(Cl)cc(Cl)c1Cl. The Morgan fingerprint density at radius 1 is 0.778 bits per heavy atom. The molecule has 0 saturated heterocycles. The first kappa shape index (κ1) is 14.1. The van der Waals surface area contributed by atoms with Gasteiger partial charge in [-0.2, -0.15) is 0 Å². The minimum atomic E-state index is -0.0513. The van der Waals surface area contributed by atoms with Crippen LogP contribution < -0.4 is 0 Å². The third-order valence-electron chi connectivity index (χ3n) is 2.34. The van der Waals surface area contributed by atoms with Crippen LogP contribution in [-0.4, -0.2) is 5.11 Å². The summed E-state index contributed by atoms with van der Waals surface area (Å²) in [5, 5.41) is 11.3. The van der Waals surface area contributed by atoms with Crippen molar-refractivity contribution >= 4 is 58.0 Å². The van der Waals surface area contributed by atoms with Gasteiger partial charge in [0.2, 0.25) is 0 Å². The Balaban J connectivity index is 2.78. The molecule has 0 heterocycles. The van der Waals surface area contributed by atoms with Crippen LogP contribution in [0.5, 0.6) is 5.75 Å². The Bertz CT molecular complexity index is 598. The van der Waals surface area contributed by atoms with E-state index in [1.165, 1.54) is 12.1 Å². The van der Waals surface area contributed by atoms with E-state index in [1.807, 2.05) is 0 Å². The van der Waals surface area contributed by atoms with Gasteiger partial charge in [0.05, 0.1) is 20.1 Å². The van der Waals surface area contributed by atoms with Gasteiger partial charge in [-0.1, -0.05) is 58.0 Å². The molecule has 0 aliphatic rings. The van der Waals surface area contributed by atoms with E-state index >= 15 is 0 Å². The molecular formula is C12H5Cl5O. The number of halogens is 5. The van der Waals surface area contributed by atoms with Gasteiger partial charge in [-0.05, 0) is 24.3 Å². The van der Waals surface area contributed by atoms with Crippen LogP contribution >= 0.6 is 58.0 Å². The van der Waals surface area contributed by atoms with E-state index in [4.69, 9.17) is 58.0 Å². The number of phenolic OH excluding ortho intramolecular Hbond substituents is 1. The zero-order valence-corrected chi connectivity index (χ0v) is 12.4. The second-order valence-corrected chi connectivity index (χ2v) is 5.51. The summed E-state index contributed by atoms with van der Waals surface area (Å²) in [6.45, 7) is 0. The fourth-order valence-corrected chi connectivity index (χ4v) is 2.71. The minimum Gasteiger partial charge on any atom is -0.507 e. The number of hydrogen-bond donors (Lipinski definition) is 1. The average molecular weight is 342 g/mol. The highest BCUT2D eigenvalue weighted by atomic mass is 35.5. The molecular weight excluding hydrogens is 337 g/mol. The van der Waals surface area contributed by atoms with Gasteiger partial charge in [-0.15, -0.1) is 0 Å². The van der Waals surface area contributed by atoms with Gasteiger partial charge in [-0.25, -0.2) is 0 Å². The van der Waals surface area contributed by atoms with Crippen LogP contribution in [0.1, 0.15) is 0 Å². The van der Waals surface area contributed by atoms with E-state index in [0.717, 1.165) is 0 Å². The van der Waals surface area contributed by atoms with E-state index in [0.29, 0.717) is 16.1 Å².